The lowest BCUT2D eigenvalue weighted by Crippen LogP contribution is -2.32. The minimum Gasteiger partial charge on any atom is -0.493 e. The summed E-state index contributed by atoms with van der Waals surface area (Å²) in [6.45, 7) is 4.90. The Labute approximate surface area is 209 Å². The molecule has 2 heterocycles. The number of halogens is 1. The number of cyclic esters (lactones) is 1. The zero-order valence-corrected chi connectivity index (χ0v) is 21.1. The van der Waals surface area contributed by atoms with Crippen molar-refractivity contribution >= 4 is 40.5 Å². The molecule has 2 aromatic rings. The van der Waals surface area contributed by atoms with E-state index in [0.717, 1.165) is 5.56 Å². The van der Waals surface area contributed by atoms with Crippen molar-refractivity contribution in [3.63, 3.8) is 0 Å². The monoisotopic (exact) mass is 505 g/mol. The molecule has 0 saturated heterocycles. The van der Waals surface area contributed by atoms with E-state index in [2.05, 4.69) is 15.6 Å². The topological polar surface area (TPSA) is 90.9 Å². The number of ether oxygens (including phenoxy) is 4. The lowest BCUT2D eigenvalue weighted by Gasteiger charge is -2.25. The highest BCUT2D eigenvalue weighted by molar-refractivity contribution is 7.81. The van der Waals surface area contributed by atoms with Crippen LogP contribution >= 0.6 is 23.8 Å². The van der Waals surface area contributed by atoms with Crippen LogP contribution in [0.1, 0.15) is 25.8 Å². The van der Waals surface area contributed by atoms with Crippen molar-refractivity contribution in [2.24, 2.45) is 0 Å². The summed E-state index contributed by atoms with van der Waals surface area (Å²) in [6.07, 6.45) is 3.84. The number of methoxy groups -OCH3 is 2. The van der Waals surface area contributed by atoms with Crippen LogP contribution in [0.25, 0.3) is 0 Å². The Morgan fingerprint density at radius 1 is 1.29 bits per heavy atom. The summed E-state index contributed by atoms with van der Waals surface area (Å²) in [4.78, 5) is 17.0. The largest absolute Gasteiger partial charge is 0.493 e. The van der Waals surface area contributed by atoms with Crippen LogP contribution in [0.2, 0.25) is 5.02 Å². The van der Waals surface area contributed by atoms with Crippen molar-refractivity contribution in [1.82, 2.24) is 10.3 Å². The van der Waals surface area contributed by atoms with Crippen molar-refractivity contribution in [1.29, 1.82) is 0 Å². The van der Waals surface area contributed by atoms with Gasteiger partial charge in [0.1, 0.15) is 22.9 Å². The van der Waals surface area contributed by atoms with Crippen molar-refractivity contribution in [2.45, 2.75) is 32.4 Å². The van der Waals surface area contributed by atoms with E-state index in [1.54, 1.807) is 37.7 Å². The van der Waals surface area contributed by atoms with Crippen molar-refractivity contribution in [2.75, 3.05) is 32.8 Å². The zero-order chi connectivity index (χ0) is 24.7. The number of rotatable bonds is 10. The van der Waals surface area contributed by atoms with Gasteiger partial charge in [-0.05, 0) is 32.0 Å². The van der Waals surface area contributed by atoms with E-state index in [-0.39, 0.29) is 17.2 Å². The summed E-state index contributed by atoms with van der Waals surface area (Å²) in [5, 5.41) is 6.82. The van der Waals surface area contributed by atoms with Gasteiger partial charge in [-0.3, -0.25) is 4.98 Å². The predicted octanol–water partition coefficient (Wildman–Crippen LogP) is 4.28. The van der Waals surface area contributed by atoms with Crippen LogP contribution in [0.15, 0.2) is 47.9 Å². The number of thiocarbonyl (C=S) groups is 1. The molecule has 0 amide bonds. The third-order valence-corrected chi connectivity index (χ3v) is 5.83. The van der Waals surface area contributed by atoms with Gasteiger partial charge in [-0.2, -0.15) is 0 Å². The Hall–Kier alpha value is -2.88. The normalized spacial score (nSPS) is 13.9. The van der Waals surface area contributed by atoms with Gasteiger partial charge in [0.2, 0.25) is 0 Å². The number of nitrogens with one attached hydrogen (secondary N) is 2. The molecular formula is C24H28ClN3O5S. The van der Waals surface area contributed by atoms with E-state index < -0.39 is 11.6 Å². The molecule has 2 N–H and O–H groups in total. The summed E-state index contributed by atoms with van der Waals surface area (Å²) < 4.78 is 22.0. The predicted molar refractivity (Wildman–Crippen MR) is 134 cm³/mol. The van der Waals surface area contributed by atoms with Crippen LogP contribution in [0.4, 0.5) is 5.69 Å². The van der Waals surface area contributed by atoms with E-state index in [1.165, 1.54) is 7.11 Å². The first-order valence-corrected chi connectivity index (χ1v) is 11.4. The number of carbonyl (C=O) groups is 1. The molecule has 0 spiro atoms. The molecule has 182 valence electrons. The van der Waals surface area contributed by atoms with Crippen LogP contribution in [-0.4, -0.2) is 49.0 Å². The Morgan fingerprint density at radius 2 is 2.09 bits per heavy atom. The zero-order valence-electron chi connectivity index (χ0n) is 19.6. The lowest BCUT2D eigenvalue weighted by atomic mass is 10.1. The number of anilines is 1. The fourth-order valence-corrected chi connectivity index (χ4v) is 3.74. The van der Waals surface area contributed by atoms with Crippen molar-refractivity contribution in [3.8, 4) is 11.5 Å². The van der Waals surface area contributed by atoms with Crippen LogP contribution in [-0.2, 0) is 20.8 Å². The maximum absolute atomic E-state index is 12.6. The molecule has 1 aliphatic heterocycles. The number of para-hydroxylation sites is 1. The van der Waals surface area contributed by atoms with Crippen molar-refractivity contribution in [3.05, 3.63) is 58.5 Å². The number of carbonyl (C=O) groups excluding carboxylic acids is 1. The molecule has 0 unspecified atom stereocenters. The summed E-state index contributed by atoms with van der Waals surface area (Å²) in [5.74, 6) is 0.564. The third-order valence-electron chi connectivity index (χ3n) is 5.23. The summed E-state index contributed by atoms with van der Waals surface area (Å²) in [6, 6.07) is 7.09. The first-order chi connectivity index (χ1) is 16.3. The molecular weight excluding hydrogens is 478 g/mol. The number of pyridine rings is 1. The van der Waals surface area contributed by atoms with Gasteiger partial charge in [0.25, 0.3) is 0 Å². The number of esters is 1. The maximum Gasteiger partial charge on any atom is 0.342 e. The smallest absolute Gasteiger partial charge is 0.342 e. The average Bonchev–Trinajstić information content (AvgIpc) is 2.82. The molecule has 0 atom stereocenters. The second-order valence-corrected chi connectivity index (χ2v) is 8.92. The Morgan fingerprint density at radius 3 is 2.82 bits per heavy atom. The highest BCUT2D eigenvalue weighted by Crippen LogP contribution is 2.33. The summed E-state index contributed by atoms with van der Waals surface area (Å²) in [7, 11) is 3.15. The number of benzene rings is 1. The van der Waals surface area contributed by atoms with E-state index in [9.17, 15) is 4.79 Å². The lowest BCUT2D eigenvalue weighted by molar-refractivity contribution is -0.139. The van der Waals surface area contributed by atoms with Gasteiger partial charge in [-0.25, -0.2) is 4.79 Å². The minimum atomic E-state index is -0.500. The Balaban J connectivity index is 1.80. The Bertz CT molecular complexity index is 1090. The SMILES string of the molecule is COc1c(Cl)cccc1NC(=S)C1=C(NCc2ccncc2OCC(C)(C)OC)CCOC1=O. The molecule has 34 heavy (non-hydrogen) atoms. The fourth-order valence-electron chi connectivity index (χ4n) is 3.17. The quantitative estimate of drug-likeness (QED) is 0.362. The number of hydrogen-bond acceptors (Lipinski definition) is 8. The second-order valence-electron chi connectivity index (χ2n) is 8.10. The Kier molecular flexibility index (Phi) is 8.71. The van der Waals surface area contributed by atoms with Gasteiger partial charge in [0.05, 0.1) is 36.2 Å². The van der Waals surface area contributed by atoms with Gasteiger partial charge in [0.15, 0.2) is 5.75 Å². The summed E-state index contributed by atoms with van der Waals surface area (Å²) >= 11 is 11.8. The highest BCUT2D eigenvalue weighted by atomic mass is 35.5. The minimum absolute atomic E-state index is 0.209. The summed E-state index contributed by atoms with van der Waals surface area (Å²) in [5.41, 5.74) is 1.93. The number of aromatic nitrogens is 1. The van der Waals surface area contributed by atoms with E-state index in [0.29, 0.717) is 47.5 Å². The van der Waals surface area contributed by atoms with Gasteiger partial charge in [-0.1, -0.05) is 29.9 Å². The molecule has 0 radical (unpaired) electrons. The van der Waals surface area contributed by atoms with E-state index >= 15 is 0 Å². The molecule has 1 aliphatic rings. The third kappa shape index (κ3) is 6.37. The van der Waals surface area contributed by atoms with E-state index in [1.807, 2.05) is 19.9 Å². The molecule has 3 rings (SSSR count). The molecule has 0 aliphatic carbocycles. The van der Waals surface area contributed by atoms with Gasteiger partial charge in [0, 0.05) is 37.5 Å². The molecule has 0 fully saturated rings. The molecule has 0 saturated carbocycles. The molecule has 0 bridgehead atoms. The highest BCUT2D eigenvalue weighted by Gasteiger charge is 2.27. The first kappa shape index (κ1) is 25.7. The molecule has 1 aromatic heterocycles. The van der Waals surface area contributed by atoms with Gasteiger partial charge < -0.3 is 29.6 Å². The average molecular weight is 506 g/mol. The van der Waals surface area contributed by atoms with Crippen LogP contribution in [0.3, 0.4) is 0 Å². The van der Waals surface area contributed by atoms with Crippen LogP contribution in [0, 0.1) is 0 Å². The fraction of sp³-hybridized carbons (Fsp3) is 0.375. The standard InChI is InChI=1S/C24H28ClN3O5S/c1-24(2,31-4)14-33-19-13-26-10-8-15(19)12-27-17-9-11-32-23(29)20(17)22(34)28-18-7-5-6-16(25)21(18)30-3/h5-8,10,13,27H,9,11-12,14H2,1-4H3,(H,28,34). The second kappa shape index (κ2) is 11.5. The van der Waals surface area contributed by atoms with Crippen molar-refractivity contribution < 1.29 is 23.7 Å². The first-order valence-electron chi connectivity index (χ1n) is 10.6. The number of hydrogen-bond donors (Lipinski definition) is 2. The molecule has 1 aromatic carbocycles. The van der Waals surface area contributed by atoms with Gasteiger partial charge in [-0.15, -0.1) is 0 Å². The van der Waals surface area contributed by atoms with E-state index in [4.69, 9.17) is 42.8 Å². The van der Waals surface area contributed by atoms with Gasteiger partial charge >= 0.3 is 5.97 Å². The van der Waals surface area contributed by atoms with Crippen LogP contribution in [0.5, 0.6) is 11.5 Å². The van der Waals surface area contributed by atoms with Crippen LogP contribution < -0.4 is 20.1 Å². The molecule has 8 nitrogen and oxygen atoms in total. The number of nitrogens with zero attached hydrogens (tertiary/aromatic N) is 1. The molecule has 10 heteroatoms. The maximum atomic E-state index is 12.6.